The van der Waals surface area contributed by atoms with E-state index in [4.69, 9.17) is 0 Å². The van der Waals surface area contributed by atoms with E-state index < -0.39 is 9.73 Å². The molecule has 0 heterocycles. The molecule has 1 radical (unpaired) electrons. The molecule has 0 aromatic heterocycles. The van der Waals surface area contributed by atoms with Crippen molar-refractivity contribution in [1.82, 2.24) is 0 Å². The van der Waals surface area contributed by atoms with Crippen molar-refractivity contribution in [2.24, 2.45) is 4.36 Å². The van der Waals surface area contributed by atoms with Crippen LogP contribution in [0.4, 0.5) is 0 Å². The molecule has 0 spiro atoms. The van der Waals surface area contributed by atoms with Gasteiger partial charge in [-0.25, -0.2) is 5.75 Å². The van der Waals surface area contributed by atoms with Gasteiger partial charge in [-0.15, -0.1) is 0 Å². The van der Waals surface area contributed by atoms with Crippen molar-refractivity contribution < 1.29 is 36.9 Å². The Morgan fingerprint density at radius 1 is 1.62 bits per heavy atom. The van der Waals surface area contributed by atoms with Crippen LogP contribution < -0.4 is 0 Å². The fourth-order valence-corrected chi connectivity index (χ4v) is 0.316. The van der Waals surface area contributed by atoms with Crippen molar-refractivity contribution in [2.45, 2.75) is 6.92 Å². The molecule has 8 heavy (non-hydrogen) atoms. The maximum Gasteiger partial charge on any atom is 0.0343 e. The smallest absolute Gasteiger partial charge is 0.0343 e. The first kappa shape index (κ1) is 11.8. The first-order chi connectivity index (χ1) is 3.12. The van der Waals surface area contributed by atoms with E-state index in [1.807, 2.05) is 0 Å². The van der Waals surface area contributed by atoms with Gasteiger partial charge in [0, 0.05) is 39.8 Å². The van der Waals surface area contributed by atoms with Crippen LogP contribution in [0.3, 0.4) is 0 Å². The van der Waals surface area contributed by atoms with Crippen LogP contribution in [0.5, 0.6) is 0 Å². The van der Waals surface area contributed by atoms with Crippen molar-refractivity contribution in [2.75, 3.05) is 13.3 Å². The maximum absolute atomic E-state index is 10.7. The van der Waals surface area contributed by atoms with E-state index in [9.17, 15) is 4.21 Å². The number of hydrogen-bond donors (Lipinski definition) is 0. The molecule has 0 amide bonds. The zero-order valence-electron chi connectivity index (χ0n) is 5.42. The van der Waals surface area contributed by atoms with Gasteiger partial charge in [-0.05, 0) is 6.26 Å². The van der Waals surface area contributed by atoms with Crippen molar-refractivity contribution in [3.8, 4) is 0 Å². The third-order valence-corrected chi connectivity index (χ3v) is 2.40. The van der Waals surface area contributed by atoms with Crippen LogP contribution in [0, 0.1) is 5.75 Å². The summed E-state index contributed by atoms with van der Waals surface area (Å²) in [6, 6.07) is 0. The number of nitrogens with zero attached hydrogens (tertiary/aromatic N) is 1. The van der Waals surface area contributed by atoms with E-state index in [1.165, 1.54) is 0 Å². The van der Waals surface area contributed by atoms with Crippen molar-refractivity contribution in [1.29, 1.82) is 0 Å². The van der Waals surface area contributed by atoms with E-state index in [2.05, 4.69) is 4.36 Å². The van der Waals surface area contributed by atoms with Gasteiger partial charge in [0.15, 0.2) is 0 Å². The first-order valence-corrected chi connectivity index (χ1v) is 4.00. The van der Waals surface area contributed by atoms with Crippen LogP contribution in [0.2, 0.25) is 0 Å². The summed E-state index contributed by atoms with van der Waals surface area (Å²) >= 11 is 0. The summed E-state index contributed by atoms with van der Waals surface area (Å²) in [4.78, 5) is 0. The van der Waals surface area contributed by atoms with Crippen LogP contribution in [-0.2, 0) is 42.4 Å². The second kappa shape index (κ2) is 4.89. The normalized spacial score (nSPS) is 15.9. The third kappa shape index (κ3) is 5.20. The summed E-state index contributed by atoms with van der Waals surface area (Å²) in [5.74, 6) is 1.60. The Bertz CT molecular complexity index is 148. The van der Waals surface area contributed by atoms with Gasteiger partial charge in [0.2, 0.25) is 0 Å². The Hall–Kier alpha value is 1.05. The minimum absolute atomic E-state index is 0. The molecule has 0 aliphatic carbocycles. The molecular formula is C4H10NOSY-. The third-order valence-electron chi connectivity index (χ3n) is 0.800. The molecule has 1 atom stereocenters. The molecule has 0 aromatic carbocycles. The second-order valence-corrected chi connectivity index (χ2v) is 3.84. The molecular weight excluding hydrogens is 199 g/mol. The van der Waals surface area contributed by atoms with Gasteiger partial charge in [0.1, 0.15) is 0 Å². The van der Waals surface area contributed by atoms with E-state index in [-0.39, 0.29) is 32.7 Å². The molecule has 0 N–H and O–H groups in total. The van der Waals surface area contributed by atoms with Gasteiger partial charge in [0.25, 0.3) is 0 Å². The minimum Gasteiger partial charge on any atom is -0.283 e. The molecule has 0 bridgehead atoms. The Balaban J connectivity index is 0. The molecule has 1 unspecified atom stereocenters. The van der Waals surface area contributed by atoms with E-state index >= 15 is 0 Å². The molecule has 2 nitrogen and oxygen atoms in total. The summed E-state index contributed by atoms with van der Waals surface area (Å²) in [6.45, 7) is 1.75. The molecule has 0 fully saturated rings. The molecule has 0 aliphatic heterocycles. The maximum atomic E-state index is 10.7. The van der Waals surface area contributed by atoms with Crippen LogP contribution in [0.1, 0.15) is 6.92 Å². The van der Waals surface area contributed by atoms with E-state index in [0.717, 1.165) is 0 Å². The van der Waals surface area contributed by atoms with Crippen LogP contribution >= 0.6 is 0 Å². The largest absolute Gasteiger partial charge is 0.283 e. The summed E-state index contributed by atoms with van der Waals surface area (Å²) in [5.41, 5.74) is 0. The molecule has 0 rings (SSSR count). The number of rotatable bonds is 1. The summed E-state index contributed by atoms with van der Waals surface area (Å²) in [5, 5.41) is 0. The summed E-state index contributed by atoms with van der Waals surface area (Å²) in [6.07, 6.45) is 1.60. The molecule has 4 heteroatoms. The Labute approximate surface area is 76.5 Å². The monoisotopic (exact) mass is 209 g/mol. The van der Waals surface area contributed by atoms with Crippen LogP contribution in [0.15, 0.2) is 4.36 Å². The standard InChI is InChI=1S/C4H10NOS.Y/c1-4-7(3,6)5-2;/h4H,1-3H3;/q-1;. The van der Waals surface area contributed by atoms with Gasteiger partial charge in [-0.2, -0.15) is 6.92 Å². The fourth-order valence-electron chi connectivity index (χ4n) is 0.105. The zero-order chi connectivity index (χ0) is 5.91. The Kier molecular flexibility index (Phi) is 7.21. The topological polar surface area (TPSA) is 29.4 Å². The quantitative estimate of drug-likeness (QED) is 0.590. The van der Waals surface area contributed by atoms with Crippen LogP contribution in [-0.4, -0.2) is 17.5 Å². The predicted molar refractivity (Wildman–Crippen MR) is 32.4 cm³/mol. The molecule has 0 saturated heterocycles. The SMILES string of the molecule is C[CH-]S(C)(=O)=NC.[Y]. The van der Waals surface area contributed by atoms with Gasteiger partial charge < -0.3 is 0 Å². The molecule has 0 aromatic rings. The average molecular weight is 209 g/mol. The predicted octanol–water partition coefficient (Wildman–Crippen LogP) is 0.893. The number of hydrogen-bond acceptors (Lipinski definition) is 2. The van der Waals surface area contributed by atoms with Gasteiger partial charge in [-0.3, -0.25) is 8.57 Å². The fraction of sp³-hybridized carbons (Fsp3) is 0.750. The first-order valence-electron chi connectivity index (χ1n) is 2.02. The summed E-state index contributed by atoms with van der Waals surface area (Å²) in [7, 11) is -0.350. The van der Waals surface area contributed by atoms with Gasteiger partial charge >= 0.3 is 0 Å². The minimum atomic E-state index is -1.91. The van der Waals surface area contributed by atoms with Crippen molar-refractivity contribution >= 4 is 9.73 Å². The van der Waals surface area contributed by atoms with E-state index in [1.54, 1.807) is 26.0 Å². The van der Waals surface area contributed by atoms with Gasteiger partial charge in [0.05, 0.1) is 0 Å². The molecule has 0 aliphatic rings. The van der Waals surface area contributed by atoms with Crippen LogP contribution in [0.25, 0.3) is 0 Å². The van der Waals surface area contributed by atoms with Gasteiger partial charge in [-0.1, -0.05) is 9.73 Å². The zero-order valence-corrected chi connectivity index (χ0v) is 9.07. The second-order valence-electron chi connectivity index (χ2n) is 1.28. The molecule has 0 saturated carbocycles. The average Bonchev–Trinajstić information content (AvgIpc) is 1.68. The Morgan fingerprint density at radius 3 is 2.00 bits per heavy atom. The van der Waals surface area contributed by atoms with E-state index in [0.29, 0.717) is 0 Å². The van der Waals surface area contributed by atoms with Crippen molar-refractivity contribution in [3.05, 3.63) is 5.75 Å². The Morgan fingerprint density at radius 2 is 2.00 bits per heavy atom. The van der Waals surface area contributed by atoms with Crippen molar-refractivity contribution in [3.63, 3.8) is 0 Å². The summed E-state index contributed by atoms with van der Waals surface area (Å²) < 4.78 is 14.3. The molecule has 47 valence electrons.